The van der Waals surface area contributed by atoms with E-state index in [1.807, 2.05) is 6.40 Å². The van der Waals surface area contributed by atoms with Gasteiger partial charge in [0.05, 0.1) is 0 Å². The molecule has 0 saturated carbocycles. The fourth-order valence-electron chi connectivity index (χ4n) is 0. The van der Waals surface area contributed by atoms with Crippen LogP contribution in [0.25, 0.3) is 0 Å². The summed E-state index contributed by atoms with van der Waals surface area (Å²) in [5, 5.41) is 0. The molecule has 0 aromatic heterocycles. The Morgan fingerprint density at radius 1 is 1.80 bits per heavy atom. The largest absolute Gasteiger partial charge is 0.124 e. The van der Waals surface area contributed by atoms with E-state index in [0.29, 0.717) is 0 Å². The Bertz CT molecular complexity index is 40.7. The van der Waals surface area contributed by atoms with Gasteiger partial charge in [0.25, 0.3) is 0 Å². The van der Waals surface area contributed by atoms with E-state index in [1.165, 1.54) is 0 Å². The highest BCUT2D eigenvalue weighted by Crippen LogP contribution is 1.21. The van der Waals surface area contributed by atoms with Crippen LogP contribution in [0.3, 0.4) is 0 Å². The lowest BCUT2D eigenvalue weighted by Gasteiger charge is -1.23. The van der Waals surface area contributed by atoms with E-state index < -0.39 is 0 Å². The molecule has 0 nitrogen and oxygen atoms in total. The average molecular weight is 73.2 g/mol. The molecule has 0 aliphatic carbocycles. The first kappa shape index (κ1) is 8.82. The van der Waals surface area contributed by atoms with Crippen LogP contribution in [0.2, 0.25) is 0 Å². The van der Waals surface area contributed by atoms with E-state index in [9.17, 15) is 0 Å². The molecule has 0 amide bonds. The predicted molar refractivity (Wildman–Crippen MR) is 28.0 cm³/mol. The summed E-state index contributed by atoms with van der Waals surface area (Å²) in [6.07, 6.45) is 1.93. The van der Waals surface area contributed by atoms with Crippen LogP contribution in [-0.2, 0) is 0 Å². The summed E-state index contributed by atoms with van der Waals surface area (Å²) in [5.41, 5.74) is 0. The normalized spacial score (nSPS) is 3.00. The first-order valence-corrected chi connectivity index (χ1v) is 0.750. The lowest BCUT2D eigenvalue weighted by atomic mass is 10.9. The van der Waals surface area contributed by atoms with Crippen molar-refractivity contribution < 1.29 is 1.37 Å². The van der Waals surface area contributed by atoms with Crippen molar-refractivity contribution in [1.29, 1.82) is 0 Å². The molecule has 0 bridgehead atoms. The third-order valence-corrected chi connectivity index (χ3v) is 0. The Morgan fingerprint density at radius 3 is 2.00 bits per heavy atom. The smallest absolute Gasteiger partial charge is 0.120 e. The Balaban J connectivity index is -0.0000000450. The molecule has 32 valence electrons. The molecule has 0 heterocycles. The van der Waals surface area contributed by atoms with Crippen LogP contribution in [-0.4, -0.2) is 0 Å². The van der Waals surface area contributed by atoms with Crippen LogP contribution in [0.1, 0.15) is 23.1 Å². The van der Waals surface area contributed by atoms with Gasteiger partial charge >= 0.3 is 0 Å². The summed E-state index contributed by atoms with van der Waals surface area (Å²) < 4.78 is 6.09. The summed E-state index contributed by atoms with van der Waals surface area (Å²) in [4.78, 5) is 0. The fraction of sp³-hybridized carbons (Fsp3) is 0.600. The van der Waals surface area contributed by atoms with Gasteiger partial charge in [0.15, 0.2) is 0 Å². The number of hydrogen-bond donors (Lipinski definition) is 0. The second-order valence-corrected chi connectivity index (χ2v) is 0.250. The quantitative estimate of drug-likeness (QED) is 0.384. The lowest BCUT2D eigenvalue weighted by molar-refractivity contribution is 1.94. The van der Waals surface area contributed by atoms with E-state index >= 15 is 0 Å². The van der Waals surface area contributed by atoms with Crippen molar-refractivity contribution in [3.8, 4) is 12.3 Å². The number of rotatable bonds is 0. The SMILES string of the molecule is C.C.[2H]C#CC. The van der Waals surface area contributed by atoms with Gasteiger partial charge in [-0.05, 0) is 6.92 Å². The highest BCUT2D eigenvalue weighted by Gasteiger charge is 1.09. The topological polar surface area (TPSA) is 0 Å². The molecule has 0 aromatic carbocycles. The molecule has 0 rings (SSSR count). The highest BCUT2D eigenvalue weighted by atomic mass is 13.2. The Kier molecular flexibility index (Phi) is 131. The maximum Gasteiger partial charge on any atom is 0.124 e. The van der Waals surface area contributed by atoms with Gasteiger partial charge in [-0.3, -0.25) is 0 Å². The number of hydrogen-bond acceptors (Lipinski definition) is 0. The van der Waals surface area contributed by atoms with E-state index in [2.05, 4.69) is 5.92 Å². The minimum absolute atomic E-state index is 0. The molecule has 5 heavy (non-hydrogen) atoms. The van der Waals surface area contributed by atoms with Crippen molar-refractivity contribution in [2.45, 2.75) is 21.8 Å². The second-order valence-electron chi connectivity index (χ2n) is 0.250. The summed E-state index contributed by atoms with van der Waals surface area (Å²) in [7, 11) is 0. The summed E-state index contributed by atoms with van der Waals surface area (Å²) in [5.74, 6) is 2.35. The third-order valence-electron chi connectivity index (χ3n) is 0. The fourth-order valence-corrected chi connectivity index (χ4v) is 0. The van der Waals surface area contributed by atoms with Crippen LogP contribution in [0, 0.1) is 12.3 Å². The molecule has 0 heteroatoms. The first-order chi connectivity index (χ1) is 1.91. The zero-order valence-electron chi connectivity index (χ0n) is 3.00. The van der Waals surface area contributed by atoms with Crippen molar-refractivity contribution in [2.75, 3.05) is 0 Å². The summed E-state index contributed by atoms with van der Waals surface area (Å²) in [6, 6.07) is 0. The molecule has 0 aliphatic heterocycles. The monoisotopic (exact) mass is 73.1 g/mol. The van der Waals surface area contributed by atoms with Crippen LogP contribution in [0.5, 0.6) is 0 Å². The lowest BCUT2D eigenvalue weighted by Crippen LogP contribution is -1.10. The van der Waals surface area contributed by atoms with E-state index in [1.54, 1.807) is 6.92 Å². The molecule has 0 fully saturated rings. The van der Waals surface area contributed by atoms with Gasteiger partial charge in [0.2, 0.25) is 0 Å². The minimum Gasteiger partial charge on any atom is -0.120 e. The third kappa shape index (κ3) is 44.8. The average Bonchev–Trinajstić information content (AvgIpc) is 1.37. The van der Waals surface area contributed by atoms with Gasteiger partial charge < -0.3 is 0 Å². The zero-order valence-corrected chi connectivity index (χ0v) is 2.00. The second kappa shape index (κ2) is 74.4. The molecule has 0 atom stereocenters. The zero-order chi connectivity index (χ0) is 3.41. The van der Waals surface area contributed by atoms with Crippen molar-refractivity contribution in [3.05, 3.63) is 0 Å². The molecule has 0 aliphatic rings. The molecule has 0 N–H and O–H groups in total. The Labute approximate surface area is 36.6 Å². The summed E-state index contributed by atoms with van der Waals surface area (Å²) in [6.45, 7) is 1.63. The van der Waals surface area contributed by atoms with E-state index in [-0.39, 0.29) is 14.9 Å². The molecule has 0 radical (unpaired) electrons. The van der Waals surface area contributed by atoms with Gasteiger partial charge in [-0.2, -0.15) is 0 Å². The van der Waals surface area contributed by atoms with Gasteiger partial charge in [0.1, 0.15) is 1.37 Å². The van der Waals surface area contributed by atoms with E-state index in [4.69, 9.17) is 1.37 Å². The first-order valence-electron chi connectivity index (χ1n) is 1.25. The van der Waals surface area contributed by atoms with Gasteiger partial charge in [-0.1, -0.05) is 14.9 Å². The van der Waals surface area contributed by atoms with Gasteiger partial charge in [-0.25, -0.2) is 0 Å². The van der Waals surface area contributed by atoms with Crippen LogP contribution >= 0.6 is 0 Å². The maximum atomic E-state index is 6.09. The van der Waals surface area contributed by atoms with Crippen molar-refractivity contribution in [2.24, 2.45) is 0 Å². The minimum atomic E-state index is 0. The van der Waals surface area contributed by atoms with Crippen molar-refractivity contribution >= 4 is 0 Å². The molecular weight excluding hydrogens is 60.1 g/mol. The highest BCUT2D eigenvalue weighted by molar-refractivity contribution is 4.73. The van der Waals surface area contributed by atoms with Crippen LogP contribution < -0.4 is 0 Å². The predicted octanol–water partition coefficient (Wildman–Crippen LogP) is 1.91. The molecule has 0 saturated heterocycles. The van der Waals surface area contributed by atoms with Crippen molar-refractivity contribution in [3.63, 3.8) is 0 Å². The number of terminal acetylenes is 1. The Morgan fingerprint density at radius 2 is 2.00 bits per heavy atom. The van der Waals surface area contributed by atoms with Crippen molar-refractivity contribution in [1.82, 2.24) is 0 Å². The Hall–Kier alpha value is -0.440. The van der Waals surface area contributed by atoms with Crippen LogP contribution in [0.15, 0.2) is 0 Å². The maximum absolute atomic E-state index is 6.09. The summed E-state index contributed by atoms with van der Waals surface area (Å²) >= 11 is 0. The van der Waals surface area contributed by atoms with Crippen LogP contribution in [0.4, 0.5) is 0 Å². The standard InChI is InChI=1S/C3H4.2CH4/c1-3-2;;/h1H,2H3;2*1H4/i1D;;. The van der Waals surface area contributed by atoms with Gasteiger partial charge in [-0.15, -0.1) is 12.3 Å². The molecule has 0 spiro atoms. The molecule has 0 aromatic rings. The van der Waals surface area contributed by atoms with E-state index in [0.717, 1.165) is 0 Å². The molecular formula is C5H12. The van der Waals surface area contributed by atoms with Gasteiger partial charge in [0, 0.05) is 0 Å². The molecule has 0 unspecified atom stereocenters.